The Morgan fingerprint density at radius 3 is 2.69 bits per heavy atom. The molecule has 0 spiro atoms. The fourth-order valence-corrected chi connectivity index (χ4v) is 4.37. The van der Waals surface area contributed by atoms with Gasteiger partial charge in [0.05, 0.1) is 25.0 Å². The van der Waals surface area contributed by atoms with E-state index in [4.69, 9.17) is 4.74 Å². The fourth-order valence-electron chi connectivity index (χ4n) is 3.22. The first kappa shape index (κ1) is 21.6. The molecule has 32 heavy (non-hydrogen) atoms. The van der Waals surface area contributed by atoms with Gasteiger partial charge in [-0.3, -0.25) is 19.5 Å². The third kappa shape index (κ3) is 5.33. The Bertz CT molecular complexity index is 1120. The number of amides is 2. The lowest BCUT2D eigenvalue weighted by atomic mass is 10.2. The van der Waals surface area contributed by atoms with Gasteiger partial charge in [0.2, 0.25) is 11.8 Å². The van der Waals surface area contributed by atoms with Gasteiger partial charge in [0.15, 0.2) is 5.17 Å². The molecule has 4 rings (SSSR count). The Morgan fingerprint density at radius 1 is 1.12 bits per heavy atom. The van der Waals surface area contributed by atoms with Gasteiger partial charge >= 0.3 is 0 Å². The van der Waals surface area contributed by atoms with Crippen LogP contribution in [0.15, 0.2) is 84.0 Å². The lowest BCUT2D eigenvalue weighted by Crippen LogP contribution is -2.33. The van der Waals surface area contributed by atoms with Crippen molar-refractivity contribution >= 4 is 40.1 Å². The topological polar surface area (TPSA) is 83.9 Å². The van der Waals surface area contributed by atoms with Crippen molar-refractivity contribution in [1.82, 2.24) is 9.88 Å². The van der Waals surface area contributed by atoms with Crippen LogP contribution in [0.5, 0.6) is 5.75 Å². The molecule has 0 aliphatic carbocycles. The molecule has 1 N–H and O–H groups in total. The summed E-state index contributed by atoms with van der Waals surface area (Å²) in [5.74, 6) is 0.296. The molecule has 1 atom stereocenters. The Hall–Kier alpha value is -3.65. The van der Waals surface area contributed by atoms with Gasteiger partial charge in [-0.25, -0.2) is 4.99 Å². The summed E-state index contributed by atoms with van der Waals surface area (Å²) in [6, 6.07) is 22.1. The number of amidine groups is 1. The molecule has 162 valence electrons. The van der Waals surface area contributed by atoms with Crippen molar-refractivity contribution in [3.05, 3.63) is 84.7 Å². The van der Waals surface area contributed by atoms with Gasteiger partial charge < -0.3 is 10.1 Å². The Kier molecular flexibility index (Phi) is 6.81. The molecule has 0 unspecified atom stereocenters. The van der Waals surface area contributed by atoms with Crippen molar-refractivity contribution in [2.75, 3.05) is 12.4 Å². The molecule has 0 radical (unpaired) electrons. The number of pyridine rings is 1. The number of methoxy groups -OCH3 is 1. The van der Waals surface area contributed by atoms with Crippen LogP contribution in [-0.4, -0.2) is 39.2 Å². The van der Waals surface area contributed by atoms with Gasteiger partial charge in [0.25, 0.3) is 0 Å². The van der Waals surface area contributed by atoms with Crippen LogP contribution < -0.4 is 10.1 Å². The molecule has 1 saturated heterocycles. The van der Waals surface area contributed by atoms with E-state index in [0.29, 0.717) is 22.3 Å². The number of carbonyl (C=O) groups is 2. The zero-order valence-corrected chi connectivity index (χ0v) is 18.3. The smallest absolute Gasteiger partial charge is 0.243 e. The number of rotatable bonds is 7. The van der Waals surface area contributed by atoms with Crippen molar-refractivity contribution in [2.45, 2.75) is 18.2 Å². The Labute approximate surface area is 190 Å². The highest BCUT2D eigenvalue weighted by Gasteiger charge is 2.39. The molecule has 0 saturated carbocycles. The number of hydrogen-bond donors (Lipinski definition) is 1. The predicted octanol–water partition coefficient (Wildman–Crippen LogP) is 4.25. The van der Waals surface area contributed by atoms with Gasteiger partial charge in [-0.15, -0.1) is 0 Å². The minimum atomic E-state index is -0.563. The molecule has 0 bridgehead atoms. The second-order valence-corrected chi connectivity index (χ2v) is 8.24. The number of carbonyl (C=O) groups excluding carboxylic acids is 2. The maximum absolute atomic E-state index is 13.2. The summed E-state index contributed by atoms with van der Waals surface area (Å²) in [4.78, 5) is 36.4. The van der Waals surface area contributed by atoms with Crippen LogP contribution in [0, 0.1) is 0 Å². The molecular formula is C24H22N4O3S. The first-order valence-corrected chi connectivity index (χ1v) is 11.0. The number of ether oxygens (including phenoxy) is 1. The van der Waals surface area contributed by atoms with Gasteiger partial charge in [-0.1, -0.05) is 42.1 Å². The first-order valence-electron chi connectivity index (χ1n) is 10.1. The normalized spacial score (nSPS) is 16.9. The highest BCUT2D eigenvalue weighted by Crippen LogP contribution is 2.33. The SMILES string of the molecule is COc1cccc(N=C2S[C@H](CC(=O)Nc3ccccc3)C(=O)N2Cc2ccccn2)c1. The summed E-state index contributed by atoms with van der Waals surface area (Å²) in [5.41, 5.74) is 2.11. The summed E-state index contributed by atoms with van der Waals surface area (Å²) in [6.45, 7) is 0.284. The highest BCUT2D eigenvalue weighted by atomic mass is 32.2. The monoisotopic (exact) mass is 446 g/mol. The van der Waals surface area contributed by atoms with Crippen LogP contribution in [0.3, 0.4) is 0 Å². The zero-order valence-electron chi connectivity index (χ0n) is 17.5. The third-order valence-corrected chi connectivity index (χ3v) is 5.95. The minimum Gasteiger partial charge on any atom is -0.497 e. The summed E-state index contributed by atoms with van der Waals surface area (Å²) < 4.78 is 5.27. The summed E-state index contributed by atoms with van der Waals surface area (Å²) in [6.07, 6.45) is 1.74. The van der Waals surface area contributed by atoms with E-state index in [0.717, 1.165) is 5.69 Å². The average Bonchev–Trinajstić information content (AvgIpc) is 3.09. The van der Waals surface area contributed by atoms with E-state index in [2.05, 4.69) is 15.3 Å². The number of nitrogens with zero attached hydrogens (tertiary/aromatic N) is 3. The average molecular weight is 447 g/mol. The Balaban J connectivity index is 1.56. The number of hydrogen-bond acceptors (Lipinski definition) is 6. The molecule has 3 aromatic rings. The molecule has 1 aliphatic heterocycles. The van der Waals surface area contributed by atoms with Crippen molar-refractivity contribution < 1.29 is 14.3 Å². The number of benzene rings is 2. The molecule has 2 amide bonds. The maximum atomic E-state index is 13.2. The van der Waals surface area contributed by atoms with Crippen molar-refractivity contribution in [1.29, 1.82) is 0 Å². The molecular weight excluding hydrogens is 424 g/mol. The molecule has 2 aromatic carbocycles. The van der Waals surface area contributed by atoms with Crippen LogP contribution >= 0.6 is 11.8 Å². The largest absolute Gasteiger partial charge is 0.497 e. The second-order valence-electron chi connectivity index (χ2n) is 7.07. The van der Waals surface area contributed by atoms with E-state index in [-0.39, 0.29) is 24.8 Å². The number of aliphatic imine (C=N–C) groups is 1. The number of anilines is 1. The van der Waals surface area contributed by atoms with E-state index >= 15 is 0 Å². The number of aromatic nitrogens is 1. The van der Waals surface area contributed by atoms with Crippen LogP contribution in [0.25, 0.3) is 0 Å². The van der Waals surface area contributed by atoms with Gasteiger partial charge in [-0.05, 0) is 36.4 Å². The number of thioether (sulfide) groups is 1. The lowest BCUT2D eigenvalue weighted by molar-refractivity contribution is -0.128. The zero-order chi connectivity index (χ0) is 22.3. The highest BCUT2D eigenvalue weighted by molar-refractivity contribution is 8.15. The van der Waals surface area contributed by atoms with E-state index in [1.807, 2.05) is 66.7 Å². The van der Waals surface area contributed by atoms with Gasteiger partial charge in [-0.2, -0.15) is 0 Å². The van der Waals surface area contributed by atoms with E-state index < -0.39 is 5.25 Å². The maximum Gasteiger partial charge on any atom is 0.243 e. The molecule has 2 heterocycles. The summed E-state index contributed by atoms with van der Waals surface area (Å²) >= 11 is 1.29. The standard InChI is InChI=1S/C24H22N4O3S/c1-31-20-12-7-11-18(14-20)27-24-28(16-19-10-5-6-13-25-19)23(30)21(32-24)15-22(29)26-17-8-3-2-4-9-17/h2-14,21H,15-16H2,1H3,(H,26,29)/t21-/m1/s1. The van der Waals surface area contributed by atoms with Crippen molar-refractivity contribution in [2.24, 2.45) is 4.99 Å². The summed E-state index contributed by atoms with van der Waals surface area (Å²) in [5, 5.41) is 2.81. The second kappa shape index (κ2) is 10.1. The molecule has 1 aromatic heterocycles. The first-order chi connectivity index (χ1) is 15.6. The van der Waals surface area contributed by atoms with E-state index in [1.54, 1.807) is 24.3 Å². The Morgan fingerprint density at radius 2 is 1.94 bits per heavy atom. The molecule has 8 heteroatoms. The molecule has 1 fully saturated rings. The molecule has 1 aliphatic rings. The van der Waals surface area contributed by atoms with Crippen molar-refractivity contribution in [3.63, 3.8) is 0 Å². The third-order valence-electron chi connectivity index (χ3n) is 4.77. The molecule has 7 nitrogen and oxygen atoms in total. The van der Waals surface area contributed by atoms with E-state index in [1.165, 1.54) is 11.8 Å². The predicted molar refractivity (Wildman–Crippen MR) is 126 cm³/mol. The van der Waals surface area contributed by atoms with Gasteiger partial charge in [0, 0.05) is 24.4 Å². The van der Waals surface area contributed by atoms with Gasteiger partial charge in [0.1, 0.15) is 11.0 Å². The number of para-hydroxylation sites is 1. The fraction of sp³-hybridized carbons (Fsp3) is 0.167. The number of nitrogens with one attached hydrogen (secondary N) is 1. The van der Waals surface area contributed by atoms with E-state index in [9.17, 15) is 9.59 Å². The van der Waals surface area contributed by atoms with Crippen molar-refractivity contribution in [3.8, 4) is 5.75 Å². The van der Waals surface area contributed by atoms with Crippen LogP contribution in [0.1, 0.15) is 12.1 Å². The lowest BCUT2D eigenvalue weighted by Gasteiger charge is -2.16. The van der Waals surface area contributed by atoms with Crippen LogP contribution in [0.2, 0.25) is 0 Å². The van der Waals surface area contributed by atoms with Crippen LogP contribution in [-0.2, 0) is 16.1 Å². The van der Waals surface area contributed by atoms with Crippen LogP contribution in [0.4, 0.5) is 11.4 Å². The summed E-state index contributed by atoms with van der Waals surface area (Å²) in [7, 11) is 1.59. The quantitative estimate of drug-likeness (QED) is 0.587. The minimum absolute atomic E-state index is 0.0498.